The first-order valence-electron chi connectivity index (χ1n) is 9.20. The van der Waals surface area contributed by atoms with Crippen molar-refractivity contribution in [2.45, 2.75) is 26.5 Å². The Bertz CT molecular complexity index is 1160. The van der Waals surface area contributed by atoms with Crippen LogP contribution in [-0.4, -0.2) is 17.9 Å². The zero-order valence-electron chi connectivity index (χ0n) is 16.3. The Kier molecular flexibility index (Phi) is 6.95. The van der Waals surface area contributed by atoms with E-state index in [1.165, 1.54) is 6.07 Å². The number of amides is 1. The second-order valence-corrected chi connectivity index (χ2v) is 8.34. The molecule has 1 heterocycles. The molecule has 0 radical (unpaired) electrons. The fraction of sp³-hybridized carbons (Fsp3) is 0.227. The van der Waals surface area contributed by atoms with Gasteiger partial charge in [0.25, 0.3) is 5.91 Å². The van der Waals surface area contributed by atoms with E-state index >= 15 is 0 Å². The Labute approximate surface area is 186 Å². The summed E-state index contributed by atoms with van der Waals surface area (Å²) in [4.78, 5) is 37.1. The summed E-state index contributed by atoms with van der Waals surface area (Å²) in [6, 6.07) is 12.2. The molecule has 3 rings (SSSR count). The van der Waals surface area contributed by atoms with Crippen molar-refractivity contribution in [3.8, 4) is 0 Å². The zero-order chi connectivity index (χ0) is 21.8. The molecular weight excluding hydrogens is 474 g/mol. The Balaban J connectivity index is 1.76. The molecule has 1 amide bonds. The third-order valence-electron chi connectivity index (χ3n) is 4.49. The van der Waals surface area contributed by atoms with Gasteiger partial charge in [-0.2, -0.15) is 0 Å². The van der Waals surface area contributed by atoms with Gasteiger partial charge in [-0.15, -0.1) is 0 Å². The monoisotopic (exact) mass is 491 g/mol. The quantitative estimate of drug-likeness (QED) is 0.398. The van der Waals surface area contributed by atoms with Gasteiger partial charge in [-0.05, 0) is 36.2 Å². The summed E-state index contributed by atoms with van der Waals surface area (Å²) in [5, 5.41) is 3.63. The molecule has 0 aliphatic rings. The minimum absolute atomic E-state index is 0.131. The number of fused-ring (bicyclic) bond motifs is 1. The van der Waals surface area contributed by atoms with Crippen molar-refractivity contribution >= 4 is 50.4 Å². The molecule has 2 aromatic carbocycles. The predicted molar refractivity (Wildman–Crippen MR) is 118 cm³/mol. The standard InChI is InChI=1S/C22H19BrClNO5/c1-12(2)20(25-21(27)16-5-3-4-6-17(16)24)22(28)29-11-13-9-19(26)30-18-10-14(23)7-8-15(13)18/h3-10,12,20H,11H2,1-2H3,(H,25,27)/t20-/m0/s1. The van der Waals surface area contributed by atoms with Crippen molar-refractivity contribution in [3.05, 3.63) is 79.6 Å². The van der Waals surface area contributed by atoms with Crippen LogP contribution in [0.3, 0.4) is 0 Å². The minimum atomic E-state index is -0.880. The first-order chi connectivity index (χ1) is 14.3. The van der Waals surface area contributed by atoms with Crippen molar-refractivity contribution in [2.24, 2.45) is 5.92 Å². The van der Waals surface area contributed by atoms with Gasteiger partial charge < -0.3 is 14.5 Å². The number of esters is 1. The fourth-order valence-electron chi connectivity index (χ4n) is 2.92. The average Bonchev–Trinajstić information content (AvgIpc) is 2.69. The van der Waals surface area contributed by atoms with Gasteiger partial charge in [0.1, 0.15) is 18.2 Å². The highest BCUT2D eigenvalue weighted by Crippen LogP contribution is 2.22. The van der Waals surface area contributed by atoms with Crippen LogP contribution in [-0.2, 0) is 16.1 Å². The van der Waals surface area contributed by atoms with Gasteiger partial charge in [0.2, 0.25) is 0 Å². The van der Waals surface area contributed by atoms with Crippen LogP contribution in [0.4, 0.5) is 0 Å². The number of benzene rings is 2. The number of halogens is 2. The van der Waals surface area contributed by atoms with Crippen LogP contribution in [0.2, 0.25) is 5.02 Å². The highest BCUT2D eigenvalue weighted by atomic mass is 79.9. The number of hydrogen-bond donors (Lipinski definition) is 1. The lowest BCUT2D eigenvalue weighted by molar-refractivity contribution is -0.148. The van der Waals surface area contributed by atoms with E-state index in [9.17, 15) is 14.4 Å². The first-order valence-corrected chi connectivity index (χ1v) is 10.4. The summed E-state index contributed by atoms with van der Waals surface area (Å²) < 4.78 is 11.4. The minimum Gasteiger partial charge on any atom is -0.459 e. The van der Waals surface area contributed by atoms with Crippen molar-refractivity contribution in [2.75, 3.05) is 0 Å². The molecule has 30 heavy (non-hydrogen) atoms. The largest absolute Gasteiger partial charge is 0.459 e. The van der Waals surface area contributed by atoms with Crippen molar-refractivity contribution < 1.29 is 18.7 Å². The fourth-order valence-corrected chi connectivity index (χ4v) is 3.49. The molecule has 3 aromatic rings. The van der Waals surface area contributed by atoms with Crippen LogP contribution in [0.1, 0.15) is 29.8 Å². The number of carbonyl (C=O) groups excluding carboxylic acids is 2. The molecule has 0 fully saturated rings. The molecule has 0 spiro atoms. The van der Waals surface area contributed by atoms with Gasteiger partial charge in [0.05, 0.1) is 10.6 Å². The summed E-state index contributed by atoms with van der Waals surface area (Å²) in [6.45, 7) is 3.46. The molecule has 1 atom stereocenters. The number of nitrogens with one attached hydrogen (secondary N) is 1. The van der Waals surface area contributed by atoms with Gasteiger partial charge in [0, 0.05) is 21.5 Å². The lowest BCUT2D eigenvalue weighted by Gasteiger charge is -2.21. The second-order valence-electron chi connectivity index (χ2n) is 7.01. The predicted octanol–water partition coefficient (Wildman–Crippen LogP) is 4.71. The molecule has 0 bridgehead atoms. The smallest absolute Gasteiger partial charge is 0.336 e. The van der Waals surface area contributed by atoms with Crippen LogP contribution in [0.15, 0.2) is 62.2 Å². The van der Waals surface area contributed by atoms with E-state index in [0.717, 1.165) is 4.47 Å². The normalized spacial score (nSPS) is 12.0. The van der Waals surface area contributed by atoms with E-state index in [-0.39, 0.29) is 18.1 Å². The topological polar surface area (TPSA) is 85.6 Å². The SMILES string of the molecule is CC(C)[C@H](NC(=O)c1ccccc1Cl)C(=O)OCc1cc(=O)oc2cc(Br)ccc12. The molecule has 156 valence electrons. The van der Waals surface area contributed by atoms with E-state index < -0.39 is 23.5 Å². The van der Waals surface area contributed by atoms with E-state index in [1.54, 1.807) is 56.3 Å². The van der Waals surface area contributed by atoms with Crippen LogP contribution in [0.5, 0.6) is 0 Å². The molecule has 0 aliphatic heterocycles. The first kappa shape index (κ1) is 22.1. The third kappa shape index (κ3) is 5.09. The maximum atomic E-state index is 12.7. The molecular formula is C22H19BrClNO5. The molecule has 0 unspecified atom stereocenters. The van der Waals surface area contributed by atoms with Crippen LogP contribution in [0.25, 0.3) is 11.0 Å². The van der Waals surface area contributed by atoms with Gasteiger partial charge in [-0.25, -0.2) is 9.59 Å². The molecule has 0 aliphatic carbocycles. The number of hydrogen-bond acceptors (Lipinski definition) is 5. The van der Waals surface area contributed by atoms with Crippen LogP contribution >= 0.6 is 27.5 Å². The summed E-state index contributed by atoms with van der Waals surface area (Å²) in [7, 11) is 0. The summed E-state index contributed by atoms with van der Waals surface area (Å²) in [5.41, 5.74) is 0.631. The zero-order valence-corrected chi connectivity index (χ0v) is 18.6. The van der Waals surface area contributed by atoms with Crippen molar-refractivity contribution in [1.29, 1.82) is 0 Å². The molecule has 1 N–H and O–H groups in total. The number of carbonyl (C=O) groups is 2. The van der Waals surface area contributed by atoms with Gasteiger partial charge in [-0.1, -0.05) is 53.5 Å². The number of ether oxygens (including phenoxy) is 1. The van der Waals surface area contributed by atoms with Gasteiger partial charge in [0.15, 0.2) is 0 Å². The van der Waals surface area contributed by atoms with E-state index in [4.69, 9.17) is 20.8 Å². The average molecular weight is 493 g/mol. The van der Waals surface area contributed by atoms with Crippen molar-refractivity contribution in [1.82, 2.24) is 5.32 Å². The van der Waals surface area contributed by atoms with Crippen LogP contribution in [0, 0.1) is 5.92 Å². The molecule has 0 saturated carbocycles. The second kappa shape index (κ2) is 9.45. The van der Waals surface area contributed by atoms with Crippen molar-refractivity contribution in [3.63, 3.8) is 0 Å². The third-order valence-corrected chi connectivity index (χ3v) is 5.31. The Morgan fingerprint density at radius 1 is 1.17 bits per heavy atom. The highest BCUT2D eigenvalue weighted by Gasteiger charge is 2.27. The van der Waals surface area contributed by atoms with E-state index in [2.05, 4.69) is 21.2 Å². The van der Waals surface area contributed by atoms with Gasteiger partial charge >= 0.3 is 11.6 Å². The summed E-state index contributed by atoms with van der Waals surface area (Å²) in [6.07, 6.45) is 0. The van der Waals surface area contributed by atoms with E-state index in [0.29, 0.717) is 21.6 Å². The molecule has 6 nitrogen and oxygen atoms in total. The Hall–Kier alpha value is -2.64. The maximum Gasteiger partial charge on any atom is 0.336 e. The number of rotatable bonds is 6. The Morgan fingerprint density at radius 3 is 2.60 bits per heavy atom. The summed E-state index contributed by atoms with van der Waals surface area (Å²) in [5.74, 6) is -1.30. The lowest BCUT2D eigenvalue weighted by Crippen LogP contribution is -2.45. The van der Waals surface area contributed by atoms with E-state index in [1.807, 2.05) is 0 Å². The molecule has 0 saturated heterocycles. The Morgan fingerprint density at radius 2 is 1.90 bits per heavy atom. The van der Waals surface area contributed by atoms with Gasteiger partial charge in [-0.3, -0.25) is 4.79 Å². The summed E-state index contributed by atoms with van der Waals surface area (Å²) >= 11 is 9.39. The van der Waals surface area contributed by atoms with Crippen LogP contribution < -0.4 is 10.9 Å². The highest BCUT2D eigenvalue weighted by molar-refractivity contribution is 9.10. The lowest BCUT2D eigenvalue weighted by atomic mass is 10.0. The molecule has 8 heteroatoms. The maximum absolute atomic E-state index is 12.7. The molecule has 1 aromatic heterocycles.